The highest BCUT2D eigenvalue weighted by Crippen LogP contribution is 2.20. The van der Waals surface area contributed by atoms with Crippen molar-refractivity contribution in [3.05, 3.63) is 71.7 Å². The molecule has 2 aromatic carbocycles. The first kappa shape index (κ1) is 17.4. The Balaban J connectivity index is 1.82. The summed E-state index contributed by atoms with van der Waals surface area (Å²) in [4.78, 5) is 21.2. The van der Waals surface area contributed by atoms with Crippen molar-refractivity contribution in [3.63, 3.8) is 0 Å². The van der Waals surface area contributed by atoms with E-state index in [1.54, 1.807) is 32.2 Å². The summed E-state index contributed by atoms with van der Waals surface area (Å²) in [5.41, 5.74) is 2.95. The van der Waals surface area contributed by atoms with E-state index in [0.29, 0.717) is 23.1 Å². The minimum atomic E-state index is -0.309. The lowest BCUT2D eigenvalue weighted by molar-refractivity contribution is 0.102. The van der Waals surface area contributed by atoms with E-state index in [1.165, 1.54) is 0 Å². The Morgan fingerprint density at radius 3 is 2.58 bits per heavy atom. The highest BCUT2D eigenvalue weighted by molar-refractivity contribution is 6.03. The zero-order valence-electron chi connectivity index (χ0n) is 14.9. The molecule has 26 heavy (non-hydrogen) atoms. The zero-order valence-corrected chi connectivity index (χ0v) is 14.9. The molecule has 3 rings (SSSR count). The monoisotopic (exact) mass is 348 g/mol. The second-order valence-electron chi connectivity index (χ2n) is 5.81. The fourth-order valence-corrected chi connectivity index (χ4v) is 2.50. The standard InChI is InChI=1S/C20H20N4O2/c1-13-7-4-5-10-17(13)24-19-12-18(21-14(2)22-19)20(25)23-15-8-6-9-16(11-15)26-3/h4-12H,1-3H3,(H,23,25)(H,21,22,24). The van der Waals surface area contributed by atoms with Crippen molar-refractivity contribution >= 4 is 23.1 Å². The van der Waals surface area contributed by atoms with Gasteiger partial charge in [-0.2, -0.15) is 0 Å². The predicted molar refractivity (Wildman–Crippen MR) is 102 cm³/mol. The molecule has 132 valence electrons. The number of methoxy groups -OCH3 is 1. The van der Waals surface area contributed by atoms with E-state index in [1.807, 2.05) is 43.3 Å². The van der Waals surface area contributed by atoms with Crippen molar-refractivity contribution in [1.82, 2.24) is 9.97 Å². The number of aryl methyl sites for hydroxylation is 2. The zero-order chi connectivity index (χ0) is 18.5. The highest BCUT2D eigenvalue weighted by Gasteiger charge is 2.12. The minimum Gasteiger partial charge on any atom is -0.497 e. The van der Waals surface area contributed by atoms with Crippen LogP contribution in [0.15, 0.2) is 54.6 Å². The van der Waals surface area contributed by atoms with Gasteiger partial charge in [0.1, 0.15) is 23.1 Å². The number of amides is 1. The van der Waals surface area contributed by atoms with Crippen LogP contribution in [0.1, 0.15) is 21.9 Å². The van der Waals surface area contributed by atoms with Crippen LogP contribution in [-0.4, -0.2) is 23.0 Å². The van der Waals surface area contributed by atoms with Crippen molar-refractivity contribution in [1.29, 1.82) is 0 Å². The number of nitrogens with one attached hydrogen (secondary N) is 2. The summed E-state index contributed by atoms with van der Waals surface area (Å²) >= 11 is 0. The SMILES string of the molecule is COc1cccc(NC(=O)c2cc(Nc3ccccc3C)nc(C)n2)c1. The summed E-state index contributed by atoms with van der Waals surface area (Å²) in [5.74, 6) is 1.45. The molecule has 0 spiro atoms. The van der Waals surface area contributed by atoms with Crippen LogP contribution in [0.25, 0.3) is 0 Å². The predicted octanol–water partition coefficient (Wildman–Crippen LogP) is 4.10. The first-order valence-corrected chi connectivity index (χ1v) is 8.19. The fourth-order valence-electron chi connectivity index (χ4n) is 2.50. The number of nitrogens with zero attached hydrogens (tertiary/aromatic N) is 2. The molecule has 0 bridgehead atoms. The third-order valence-corrected chi connectivity index (χ3v) is 3.81. The number of aromatic nitrogens is 2. The van der Waals surface area contributed by atoms with E-state index < -0.39 is 0 Å². The molecule has 0 aliphatic heterocycles. The largest absolute Gasteiger partial charge is 0.497 e. The third-order valence-electron chi connectivity index (χ3n) is 3.81. The number of para-hydroxylation sites is 1. The van der Waals surface area contributed by atoms with E-state index in [2.05, 4.69) is 20.6 Å². The van der Waals surface area contributed by atoms with Crippen molar-refractivity contribution in [2.24, 2.45) is 0 Å². The second-order valence-corrected chi connectivity index (χ2v) is 5.81. The summed E-state index contributed by atoms with van der Waals surface area (Å²) in [6.07, 6.45) is 0. The Labute approximate surface area is 152 Å². The number of hydrogen-bond donors (Lipinski definition) is 2. The normalized spacial score (nSPS) is 10.3. The lowest BCUT2D eigenvalue weighted by Crippen LogP contribution is -2.15. The molecule has 6 nitrogen and oxygen atoms in total. The number of rotatable bonds is 5. The minimum absolute atomic E-state index is 0.288. The van der Waals surface area contributed by atoms with E-state index >= 15 is 0 Å². The maximum atomic E-state index is 12.6. The summed E-state index contributed by atoms with van der Waals surface area (Å²) < 4.78 is 5.17. The molecule has 0 atom stereocenters. The average Bonchev–Trinajstić information content (AvgIpc) is 2.63. The van der Waals surface area contributed by atoms with Crippen LogP contribution in [0, 0.1) is 13.8 Å². The number of ether oxygens (including phenoxy) is 1. The maximum absolute atomic E-state index is 12.6. The Hall–Kier alpha value is -3.41. The van der Waals surface area contributed by atoms with E-state index in [0.717, 1.165) is 11.3 Å². The lowest BCUT2D eigenvalue weighted by Gasteiger charge is -2.11. The van der Waals surface area contributed by atoms with E-state index in [4.69, 9.17) is 4.74 Å². The fraction of sp³-hybridized carbons (Fsp3) is 0.150. The molecule has 1 amide bonds. The van der Waals surface area contributed by atoms with Crippen LogP contribution in [0.4, 0.5) is 17.2 Å². The molecule has 0 saturated carbocycles. The quantitative estimate of drug-likeness (QED) is 0.726. The van der Waals surface area contributed by atoms with Crippen molar-refractivity contribution in [2.75, 3.05) is 17.7 Å². The van der Waals surface area contributed by atoms with Gasteiger partial charge in [0.25, 0.3) is 5.91 Å². The van der Waals surface area contributed by atoms with Crippen LogP contribution < -0.4 is 15.4 Å². The Morgan fingerprint density at radius 1 is 1.00 bits per heavy atom. The van der Waals surface area contributed by atoms with Gasteiger partial charge in [-0.1, -0.05) is 24.3 Å². The molecule has 0 fully saturated rings. The van der Waals surface area contributed by atoms with Gasteiger partial charge in [0, 0.05) is 23.5 Å². The van der Waals surface area contributed by atoms with E-state index in [9.17, 15) is 4.79 Å². The van der Waals surface area contributed by atoms with Gasteiger partial charge in [-0.25, -0.2) is 9.97 Å². The summed E-state index contributed by atoms with van der Waals surface area (Å²) in [6, 6.07) is 16.7. The average molecular weight is 348 g/mol. The number of hydrogen-bond acceptors (Lipinski definition) is 5. The van der Waals surface area contributed by atoms with Crippen LogP contribution >= 0.6 is 0 Å². The van der Waals surface area contributed by atoms with Crippen LogP contribution in [0.5, 0.6) is 5.75 Å². The summed E-state index contributed by atoms with van der Waals surface area (Å²) in [5, 5.41) is 6.06. The van der Waals surface area contributed by atoms with Gasteiger partial charge < -0.3 is 15.4 Å². The number of carbonyl (C=O) groups excluding carboxylic acids is 1. The maximum Gasteiger partial charge on any atom is 0.274 e. The molecule has 1 aromatic heterocycles. The van der Waals surface area contributed by atoms with E-state index in [-0.39, 0.29) is 11.6 Å². The van der Waals surface area contributed by atoms with Gasteiger partial charge in [0.05, 0.1) is 7.11 Å². The molecule has 0 aliphatic carbocycles. The summed E-state index contributed by atoms with van der Waals surface area (Å²) in [6.45, 7) is 3.76. The van der Waals surface area contributed by atoms with Gasteiger partial charge >= 0.3 is 0 Å². The topological polar surface area (TPSA) is 76.1 Å². The molecule has 2 N–H and O–H groups in total. The molecule has 0 aliphatic rings. The molecule has 0 saturated heterocycles. The molecule has 6 heteroatoms. The lowest BCUT2D eigenvalue weighted by atomic mass is 10.2. The first-order valence-electron chi connectivity index (χ1n) is 8.19. The van der Waals surface area contributed by atoms with Crippen molar-refractivity contribution in [3.8, 4) is 5.75 Å². The molecule has 0 unspecified atom stereocenters. The molecule has 0 radical (unpaired) electrons. The van der Waals surface area contributed by atoms with Gasteiger partial charge in [-0.05, 0) is 37.6 Å². The van der Waals surface area contributed by atoms with Gasteiger partial charge in [0.2, 0.25) is 0 Å². The van der Waals surface area contributed by atoms with Gasteiger partial charge in [-0.15, -0.1) is 0 Å². The Morgan fingerprint density at radius 2 is 1.81 bits per heavy atom. The van der Waals surface area contributed by atoms with Crippen LogP contribution in [-0.2, 0) is 0 Å². The highest BCUT2D eigenvalue weighted by atomic mass is 16.5. The molecular weight excluding hydrogens is 328 g/mol. The van der Waals surface area contributed by atoms with Crippen LogP contribution in [0.2, 0.25) is 0 Å². The number of benzene rings is 2. The van der Waals surface area contributed by atoms with Crippen molar-refractivity contribution in [2.45, 2.75) is 13.8 Å². The number of carbonyl (C=O) groups is 1. The molecule has 1 heterocycles. The molecular formula is C20H20N4O2. The van der Waals surface area contributed by atoms with Gasteiger partial charge in [-0.3, -0.25) is 4.79 Å². The smallest absolute Gasteiger partial charge is 0.274 e. The van der Waals surface area contributed by atoms with Crippen molar-refractivity contribution < 1.29 is 9.53 Å². The number of anilines is 3. The first-order chi connectivity index (χ1) is 12.5. The third kappa shape index (κ3) is 4.16. The van der Waals surface area contributed by atoms with Crippen LogP contribution in [0.3, 0.4) is 0 Å². The Kier molecular flexibility index (Phi) is 5.12. The van der Waals surface area contributed by atoms with Gasteiger partial charge in [0.15, 0.2) is 0 Å². The second kappa shape index (κ2) is 7.65. The summed E-state index contributed by atoms with van der Waals surface area (Å²) in [7, 11) is 1.58. The Bertz CT molecular complexity index is 941. The molecule has 3 aromatic rings.